The minimum Gasteiger partial charge on any atom is -0.291 e. The molecule has 1 fully saturated rings. The van der Waals surface area contributed by atoms with Gasteiger partial charge in [-0.1, -0.05) is 6.07 Å². The Hall–Kier alpha value is -3.79. The van der Waals surface area contributed by atoms with E-state index in [4.69, 9.17) is 5.10 Å². The van der Waals surface area contributed by atoms with Crippen molar-refractivity contribution >= 4 is 5.78 Å². The molecule has 4 aromatic rings. The number of carbonyl (C=O) groups is 1. The van der Waals surface area contributed by atoms with Crippen molar-refractivity contribution < 1.29 is 18.0 Å². The molecule has 0 saturated carbocycles. The van der Waals surface area contributed by atoms with Crippen LogP contribution in [0.25, 0.3) is 17.1 Å². The normalized spacial score (nSPS) is 19.3. The van der Waals surface area contributed by atoms with Crippen molar-refractivity contribution in [3.63, 3.8) is 0 Å². The number of piperidine rings is 1. The molecule has 0 amide bonds. The average Bonchev–Trinajstić information content (AvgIpc) is 3.51. The zero-order valence-corrected chi connectivity index (χ0v) is 19.5. The third kappa shape index (κ3) is 3.72. The lowest BCUT2D eigenvalue weighted by Gasteiger charge is -2.45. The second-order valence-corrected chi connectivity index (χ2v) is 9.32. The Kier molecular flexibility index (Phi) is 5.48. The maximum absolute atomic E-state index is 14.0. The third-order valence-electron chi connectivity index (χ3n) is 7.16. The van der Waals surface area contributed by atoms with E-state index in [0.717, 1.165) is 42.7 Å². The molecule has 2 unspecified atom stereocenters. The van der Waals surface area contributed by atoms with Gasteiger partial charge in [0.15, 0.2) is 29.1 Å². The van der Waals surface area contributed by atoms with Crippen LogP contribution in [-0.2, 0) is 13.5 Å². The lowest BCUT2D eigenvalue weighted by atomic mass is 9.81. The van der Waals surface area contributed by atoms with Crippen LogP contribution in [0.3, 0.4) is 0 Å². The van der Waals surface area contributed by atoms with Crippen LogP contribution >= 0.6 is 0 Å². The first-order valence-electron chi connectivity index (χ1n) is 11.9. The van der Waals surface area contributed by atoms with Crippen molar-refractivity contribution in [1.29, 1.82) is 0 Å². The maximum atomic E-state index is 14.0. The topological polar surface area (TPSA) is 68.8 Å². The molecular weight excluding hydrogens is 469 g/mol. The van der Waals surface area contributed by atoms with Crippen LogP contribution in [0.4, 0.5) is 13.2 Å². The smallest absolute Gasteiger partial charge is 0.195 e. The minimum atomic E-state index is -1.48. The molecule has 0 N–H and O–H groups in total. The molecule has 1 aromatic carbocycles. The molecule has 2 aliphatic heterocycles. The van der Waals surface area contributed by atoms with Crippen molar-refractivity contribution in [3.8, 4) is 17.1 Å². The monoisotopic (exact) mass is 492 g/mol. The number of hydrogen-bond acceptors (Lipinski definition) is 5. The van der Waals surface area contributed by atoms with E-state index in [1.165, 1.54) is 0 Å². The van der Waals surface area contributed by atoms with Crippen LogP contribution in [0.5, 0.6) is 0 Å². The highest BCUT2D eigenvalue weighted by molar-refractivity contribution is 5.96. The predicted molar refractivity (Wildman–Crippen MR) is 125 cm³/mol. The van der Waals surface area contributed by atoms with Crippen molar-refractivity contribution in [1.82, 2.24) is 29.4 Å². The third-order valence-corrected chi connectivity index (χ3v) is 7.16. The van der Waals surface area contributed by atoms with Gasteiger partial charge in [0.1, 0.15) is 5.69 Å². The van der Waals surface area contributed by atoms with Gasteiger partial charge < -0.3 is 0 Å². The van der Waals surface area contributed by atoms with Crippen molar-refractivity contribution in [2.45, 2.75) is 37.8 Å². The Morgan fingerprint density at radius 1 is 1.11 bits per heavy atom. The summed E-state index contributed by atoms with van der Waals surface area (Å²) in [5.74, 6) is -3.47. The molecule has 0 radical (unpaired) electrons. The van der Waals surface area contributed by atoms with Gasteiger partial charge in [-0.05, 0) is 56.0 Å². The summed E-state index contributed by atoms with van der Waals surface area (Å²) < 4.78 is 44.8. The van der Waals surface area contributed by atoms with Gasteiger partial charge in [-0.3, -0.25) is 14.4 Å². The van der Waals surface area contributed by atoms with Gasteiger partial charge >= 0.3 is 0 Å². The van der Waals surface area contributed by atoms with Gasteiger partial charge in [0.05, 0.1) is 24.0 Å². The Labute approximate surface area is 205 Å². The molecule has 7 nitrogen and oxygen atoms in total. The fourth-order valence-corrected chi connectivity index (χ4v) is 5.59. The summed E-state index contributed by atoms with van der Waals surface area (Å²) in [6, 6.07) is 9.09. The van der Waals surface area contributed by atoms with E-state index >= 15 is 0 Å². The molecule has 1 saturated heterocycles. The largest absolute Gasteiger partial charge is 0.291 e. The van der Waals surface area contributed by atoms with E-state index in [1.807, 2.05) is 0 Å². The molecule has 5 heterocycles. The van der Waals surface area contributed by atoms with Crippen molar-refractivity contribution in [3.05, 3.63) is 83.2 Å². The Balaban J connectivity index is 1.32. The quantitative estimate of drug-likeness (QED) is 0.305. The van der Waals surface area contributed by atoms with Gasteiger partial charge in [0.25, 0.3) is 0 Å². The number of benzene rings is 1. The summed E-state index contributed by atoms with van der Waals surface area (Å²) in [7, 11) is 1.72. The first-order valence-corrected chi connectivity index (χ1v) is 11.9. The van der Waals surface area contributed by atoms with E-state index in [-0.39, 0.29) is 30.0 Å². The number of halogens is 3. The second-order valence-electron chi connectivity index (χ2n) is 9.32. The fraction of sp³-hybridized carbons (Fsp3) is 0.308. The molecule has 36 heavy (non-hydrogen) atoms. The molecule has 2 bridgehead atoms. The molecule has 3 aromatic heterocycles. The Morgan fingerprint density at radius 3 is 2.67 bits per heavy atom. The Bertz CT molecular complexity index is 1440. The van der Waals surface area contributed by atoms with Crippen LogP contribution in [0.15, 0.2) is 48.8 Å². The van der Waals surface area contributed by atoms with Crippen molar-refractivity contribution in [2.24, 2.45) is 7.05 Å². The summed E-state index contributed by atoms with van der Waals surface area (Å²) in [6.07, 6.45) is 6.72. The van der Waals surface area contributed by atoms with Crippen molar-refractivity contribution in [2.75, 3.05) is 6.54 Å². The molecule has 0 spiro atoms. The molecule has 2 aliphatic rings. The van der Waals surface area contributed by atoms with Crippen LogP contribution in [-0.4, -0.2) is 47.8 Å². The lowest BCUT2D eigenvalue weighted by molar-refractivity contribution is 0.0559. The number of hydrogen-bond donors (Lipinski definition) is 0. The van der Waals surface area contributed by atoms with E-state index in [9.17, 15) is 18.0 Å². The summed E-state index contributed by atoms with van der Waals surface area (Å²) >= 11 is 0. The minimum absolute atomic E-state index is 0.0765. The van der Waals surface area contributed by atoms with Crippen LogP contribution < -0.4 is 0 Å². The standard InChI is InChI=1S/C26H23F3N6O/c1-33-26(15-11-18(27)24(29)19(28)12-15)17-13-16-5-2-7-21(25(17)32-33)34(16)14-22(36)20-6-3-8-23(31-20)35-10-4-9-30-35/h3-4,6,8-12,16,21H,2,5,7,13-14H2,1H3. The van der Waals surface area contributed by atoms with Gasteiger partial charge in [0.2, 0.25) is 0 Å². The highest BCUT2D eigenvalue weighted by Crippen LogP contribution is 2.44. The van der Waals surface area contributed by atoms with Crippen LogP contribution in [0.2, 0.25) is 0 Å². The second kappa shape index (κ2) is 8.70. The SMILES string of the molecule is Cn1nc2c(c1-c1cc(F)c(F)c(F)c1)CC1CCCC2N1CC(=O)c1cccc(-n2cccn2)n1. The number of aryl methyl sites for hydroxylation is 1. The van der Waals surface area contributed by atoms with Gasteiger partial charge in [-0.15, -0.1) is 0 Å². The number of ketones is 1. The van der Waals surface area contributed by atoms with E-state index in [2.05, 4.69) is 15.0 Å². The van der Waals surface area contributed by atoms with E-state index in [1.54, 1.807) is 53.1 Å². The number of rotatable bonds is 5. The molecule has 2 atom stereocenters. The molecule has 10 heteroatoms. The van der Waals surface area contributed by atoms with Gasteiger partial charge in [-0.2, -0.15) is 10.2 Å². The summed E-state index contributed by atoms with van der Waals surface area (Å²) in [5, 5.41) is 8.89. The number of aromatic nitrogens is 5. The average molecular weight is 493 g/mol. The summed E-state index contributed by atoms with van der Waals surface area (Å²) in [4.78, 5) is 20.0. The summed E-state index contributed by atoms with van der Waals surface area (Å²) in [5.41, 5.74) is 2.91. The van der Waals surface area contributed by atoms with E-state index in [0.29, 0.717) is 23.6 Å². The maximum Gasteiger partial charge on any atom is 0.195 e. The fourth-order valence-electron chi connectivity index (χ4n) is 5.59. The molecule has 184 valence electrons. The molecule has 6 rings (SSSR count). The van der Waals surface area contributed by atoms with Gasteiger partial charge in [-0.25, -0.2) is 22.8 Å². The molecule has 0 aliphatic carbocycles. The number of fused-ring (bicyclic) bond motifs is 4. The number of nitrogens with zero attached hydrogens (tertiary/aromatic N) is 6. The summed E-state index contributed by atoms with van der Waals surface area (Å²) in [6.45, 7) is 0.191. The predicted octanol–water partition coefficient (Wildman–Crippen LogP) is 4.42. The molecular formula is C26H23F3N6O. The first-order chi connectivity index (χ1) is 17.4. The lowest BCUT2D eigenvalue weighted by Crippen LogP contribution is -2.48. The number of Topliss-reactive ketones (excluding diaryl/α,β-unsaturated/α-hetero) is 1. The Morgan fingerprint density at radius 2 is 1.92 bits per heavy atom. The zero-order valence-electron chi connectivity index (χ0n) is 19.5. The number of pyridine rings is 1. The van der Waals surface area contributed by atoms with E-state index < -0.39 is 17.5 Å². The number of carbonyl (C=O) groups excluding carboxylic acids is 1. The zero-order chi connectivity index (χ0) is 25.0. The highest BCUT2D eigenvalue weighted by Gasteiger charge is 2.42. The highest BCUT2D eigenvalue weighted by atomic mass is 19.2. The van der Waals surface area contributed by atoms with Crippen LogP contribution in [0.1, 0.15) is 47.1 Å². The van der Waals surface area contributed by atoms with Gasteiger partial charge in [0, 0.05) is 36.6 Å². The first kappa shape index (κ1) is 22.7. The van der Waals surface area contributed by atoms with Crippen LogP contribution in [0, 0.1) is 17.5 Å².